The highest BCUT2D eigenvalue weighted by atomic mass is 35.5. The molecule has 0 aromatic heterocycles. The van der Waals surface area contributed by atoms with E-state index in [2.05, 4.69) is 0 Å². The minimum absolute atomic E-state index is 0.0425. The minimum atomic E-state index is -0.821. The topological polar surface area (TPSA) is 66.8 Å². The van der Waals surface area contributed by atoms with E-state index in [4.69, 9.17) is 27.9 Å². The number of carbonyl (C=O) groups is 2. The zero-order valence-electron chi connectivity index (χ0n) is 17.3. The predicted molar refractivity (Wildman–Crippen MR) is 125 cm³/mol. The third kappa shape index (κ3) is 3.74. The Bertz CT molecular complexity index is 1210. The van der Waals surface area contributed by atoms with Gasteiger partial charge in [0.25, 0.3) is 11.7 Å². The number of anilines is 1. The summed E-state index contributed by atoms with van der Waals surface area (Å²) in [5.74, 6) is -1.63. The van der Waals surface area contributed by atoms with E-state index in [-0.39, 0.29) is 32.7 Å². The van der Waals surface area contributed by atoms with Gasteiger partial charge in [0, 0.05) is 11.3 Å². The molecule has 0 aliphatic carbocycles. The van der Waals surface area contributed by atoms with Crippen LogP contribution in [0.1, 0.15) is 22.7 Å². The van der Waals surface area contributed by atoms with Crippen LogP contribution in [0.2, 0.25) is 10.0 Å². The standard InChI is InChI=1S/C25H19Cl2NO4/c1-14-8-10-17(11-9-14)28-21(15-6-4-3-5-7-15)20(23(30)25(28)31)22(29)16-12-18(26)24(32-2)19(27)13-16/h3-13,21,29H,1-2H3/b22-20+. The largest absolute Gasteiger partial charge is 0.507 e. The molecule has 4 rings (SSSR count). The van der Waals surface area contributed by atoms with Crippen LogP contribution in [0.25, 0.3) is 5.76 Å². The van der Waals surface area contributed by atoms with Gasteiger partial charge >= 0.3 is 0 Å². The van der Waals surface area contributed by atoms with Gasteiger partial charge in [-0.05, 0) is 36.8 Å². The summed E-state index contributed by atoms with van der Waals surface area (Å²) in [6.45, 7) is 1.93. The minimum Gasteiger partial charge on any atom is -0.507 e. The molecule has 0 saturated carbocycles. The fourth-order valence-corrected chi connectivity index (χ4v) is 4.44. The molecule has 162 valence electrons. The molecule has 3 aromatic carbocycles. The number of halogens is 2. The van der Waals surface area contributed by atoms with Crippen molar-refractivity contribution in [3.8, 4) is 5.75 Å². The molecule has 1 fully saturated rings. The predicted octanol–water partition coefficient (Wildman–Crippen LogP) is 5.94. The molecule has 0 bridgehead atoms. The van der Waals surface area contributed by atoms with Gasteiger partial charge in [-0.25, -0.2) is 0 Å². The molecule has 0 spiro atoms. The number of ether oxygens (including phenoxy) is 1. The Hall–Kier alpha value is -3.28. The molecule has 32 heavy (non-hydrogen) atoms. The summed E-state index contributed by atoms with van der Waals surface area (Å²) in [6, 6.07) is 18.4. The van der Waals surface area contributed by atoms with Gasteiger partial charge in [-0.2, -0.15) is 0 Å². The van der Waals surface area contributed by atoms with Gasteiger partial charge in [0.1, 0.15) is 5.76 Å². The first kappa shape index (κ1) is 21.9. The number of carbonyl (C=O) groups excluding carboxylic acids is 2. The van der Waals surface area contributed by atoms with Crippen molar-refractivity contribution in [2.45, 2.75) is 13.0 Å². The van der Waals surface area contributed by atoms with Crippen LogP contribution in [-0.4, -0.2) is 23.9 Å². The highest BCUT2D eigenvalue weighted by molar-refractivity contribution is 6.51. The van der Waals surface area contributed by atoms with Crippen LogP contribution < -0.4 is 9.64 Å². The van der Waals surface area contributed by atoms with Crippen molar-refractivity contribution >= 4 is 46.3 Å². The normalized spacial score (nSPS) is 17.6. The van der Waals surface area contributed by atoms with Crippen LogP contribution in [-0.2, 0) is 9.59 Å². The van der Waals surface area contributed by atoms with E-state index >= 15 is 0 Å². The summed E-state index contributed by atoms with van der Waals surface area (Å²) in [6.07, 6.45) is 0. The van der Waals surface area contributed by atoms with Gasteiger partial charge < -0.3 is 9.84 Å². The lowest BCUT2D eigenvalue weighted by atomic mass is 9.95. The van der Waals surface area contributed by atoms with Crippen molar-refractivity contribution in [1.82, 2.24) is 0 Å². The summed E-state index contributed by atoms with van der Waals surface area (Å²) in [5.41, 5.74) is 2.42. The van der Waals surface area contributed by atoms with Crippen LogP contribution in [0.3, 0.4) is 0 Å². The maximum absolute atomic E-state index is 13.1. The van der Waals surface area contributed by atoms with Gasteiger partial charge in [0.15, 0.2) is 5.75 Å². The lowest BCUT2D eigenvalue weighted by molar-refractivity contribution is -0.132. The van der Waals surface area contributed by atoms with Crippen molar-refractivity contribution in [3.05, 3.63) is 99.0 Å². The summed E-state index contributed by atoms with van der Waals surface area (Å²) < 4.78 is 5.16. The van der Waals surface area contributed by atoms with Crippen LogP contribution in [0.15, 0.2) is 72.3 Å². The van der Waals surface area contributed by atoms with E-state index in [9.17, 15) is 14.7 Å². The number of methoxy groups -OCH3 is 1. The Balaban J connectivity index is 1.94. The second-order valence-corrected chi connectivity index (χ2v) is 8.20. The van der Waals surface area contributed by atoms with E-state index in [1.54, 1.807) is 24.3 Å². The second-order valence-electron chi connectivity index (χ2n) is 7.39. The first-order valence-corrected chi connectivity index (χ1v) is 10.5. The van der Waals surface area contributed by atoms with Gasteiger partial charge in [-0.3, -0.25) is 14.5 Å². The Kier molecular flexibility index (Phi) is 5.96. The van der Waals surface area contributed by atoms with Crippen LogP contribution >= 0.6 is 23.2 Å². The van der Waals surface area contributed by atoms with Crippen molar-refractivity contribution in [2.75, 3.05) is 12.0 Å². The SMILES string of the molecule is COc1c(Cl)cc(/C(O)=C2\C(=O)C(=O)N(c3ccc(C)cc3)C2c2ccccc2)cc1Cl. The number of nitrogens with zero attached hydrogens (tertiary/aromatic N) is 1. The second kappa shape index (κ2) is 8.69. The van der Waals surface area contributed by atoms with Crippen LogP contribution in [0.4, 0.5) is 5.69 Å². The molecule has 1 amide bonds. The van der Waals surface area contributed by atoms with Crippen molar-refractivity contribution in [2.24, 2.45) is 0 Å². The maximum atomic E-state index is 13.1. The number of ketones is 1. The van der Waals surface area contributed by atoms with Crippen LogP contribution in [0.5, 0.6) is 5.75 Å². The molecule has 5 nitrogen and oxygen atoms in total. The quantitative estimate of drug-likeness (QED) is 0.293. The Morgan fingerprint density at radius 3 is 2.12 bits per heavy atom. The third-order valence-electron chi connectivity index (χ3n) is 5.35. The summed E-state index contributed by atoms with van der Waals surface area (Å²) >= 11 is 12.5. The molecule has 1 unspecified atom stereocenters. The fraction of sp³-hybridized carbons (Fsp3) is 0.120. The smallest absolute Gasteiger partial charge is 0.300 e. The summed E-state index contributed by atoms with van der Waals surface area (Å²) in [5, 5.41) is 11.5. The molecule has 1 aliphatic heterocycles. The lowest BCUT2D eigenvalue weighted by Crippen LogP contribution is -2.29. The zero-order valence-corrected chi connectivity index (χ0v) is 18.8. The average molecular weight is 468 g/mol. The molecular weight excluding hydrogens is 449 g/mol. The van der Waals surface area contributed by atoms with Crippen molar-refractivity contribution in [1.29, 1.82) is 0 Å². The molecule has 3 aromatic rings. The first-order chi connectivity index (χ1) is 15.3. The monoisotopic (exact) mass is 467 g/mol. The molecule has 1 heterocycles. The van der Waals surface area contributed by atoms with E-state index in [1.807, 2.05) is 37.3 Å². The maximum Gasteiger partial charge on any atom is 0.300 e. The number of hydrogen-bond donors (Lipinski definition) is 1. The molecule has 1 saturated heterocycles. The highest BCUT2D eigenvalue weighted by Gasteiger charge is 2.47. The Morgan fingerprint density at radius 1 is 0.969 bits per heavy atom. The molecule has 1 N–H and O–H groups in total. The summed E-state index contributed by atoms with van der Waals surface area (Å²) in [4.78, 5) is 27.7. The zero-order chi connectivity index (χ0) is 23.0. The first-order valence-electron chi connectivity index (χ1n) is 9.79. The number of aliphatic hydroxyl groups is 1. The summed E-state index contributed by atoms with van der Waals surface area (Å²) in [7, 11) is 1.43. The van der Waals surface area contributed by atoms with E-state index in [0.717, 1.165) is 5.56 Å². The van der Waals surface area contributed by atoms with Gasteiger partial charge in [0.05, 0.1) is 28.8 Å². The van der Waals surface area contributed by atoms with Crippen molar-refractivity contribution < 1.29 is 19.4 Å². The molecule has 7 heteroatoms. The number of rotatable bonds is 4. The molecule has 1 aliphatic rings. The third-order valence-corrected chi connectivity index (χ3v) is 5.91. The van der Waals surface area contributed by atoms with Gasteiger partial charge in [-0.15, -0.1) is 0 Å². The molecule has 1 atom stereocenters. The molecule has 0 radical (unpaired) electrons. The van der Waals surface area contributed by atoms with E-state index < -0.39 is 17.7 Å². The fourth-order valence-electron chi connectivity index (χ4n) is 3.80. The highest BCUT2D eigenvalue weighted by Crippen LogP contribution is 2.43. The number of aryl methyl sites for hydroxylation is 1. The van der Waals surface area contributed by atoms with Crippen molar-refractivity contribution in [3.63, 3.8) is 0 Å². The number of benzene rings is 3. The number of hydrogen-bond acceptors (Lipinski definition) is 4. The lowest BCUT2D eigenvalue weighted by Gasteiger charge is -2.25. The molecular formula is C25H19Cl2NO4. The van der Waals surface area contributed by atoms with E-state index in [1.165, 1.54) is 24.1 Å². The van der Waals surface area contributed by atoms with Crippen LogP contribution in [0, 0.1) is 6.92 Å². The number of Topliss-reactive ketones (excluding diaryl/α,β-unsaturated/α-hetero) is 1. The average Bonchev–Trinajstić information content (AvgIpc) is 3.05. The number of amides is 1. The number of aliphatic hydroxyl groups excluding tert-OH is 1. The van der Waals surface area contributed by atoms with Gasteiger partial charge in [-0.1, -0.05) is 71.2 Å². The van der Waals surface area contributed by atoms with Gasteiger partial charge in [0.2, 0.25) is 0 Å². The Labute approximate surface area is 195 Å². The Morgan fingerprint density at radius 2 is 1.56 bits per heavy atom. The van der Waals surface area contributed by atoms with E-state index in [0.29, 0.717) is 11.3 Å².